The highest BCUT2D eigenvalue weighted by atomic mass is 15.2. The average Bonchev–Trinajstić information content (AvgIpc) is 2.98. The van der Waals surface area contributed by atoms with E-state index in [9.17, 15) is 0 Å². The van der Waals surface area contributed by atoms with Gasteiger partial charge in [0.15, 0.2) is 0 Å². The highest BCUT2D eigenvalue weighted by Crippen LogP contribution is 2.28. The lowest BCUT2D eigenvalue weighted by atomic mass is 10.0. The number of nitrogens with one attached hydrogen (secondary N) is 1. The molecule has 2 heteroatoms. The summed E-state index contributed by atoms with van der Waals surface area (Å²) in [5.41, 5.74) is 4.24. The molecular weight excluding hydrogens is 256 g/mol. The minimum absolute atomic E-state index is 0.778. The molecule has 0 radical (unpaired) electrons. The lowest BCUT2D eigenvalue weighted by Gasteiger charge is -2.22. The van der Waals surface area contributed by atoms with Gasteiger partial charge in [0.1, 0.15) is 0 Å². The van der Waals surface area contributed by atoms with Crippen LogP contribution in [0, 0.1) is 5.92 Å². The molecule has 1 aliphatic heterocycles. The molecule has 2 aromatic carbocycles. The van der Waals surface area contributed by atoms with Gasteiger partial charge in [-0.15, -0.1) is 0 Å². The summed E-state index contributed by atoms with van der Waals surface area (Å²) < 4.78 is 0. The van der Waals surface area contributed by atoms with Gasteiger partial charge >= 0.3 is 0 Å². The van der Waals surface area contributed by atoms with Crippen LogP contribution in [0.4, 0.5) is 5.69 Å². The van der Waals surface area contributed by atoms with E-state index < -0.39 is 0 Å². The van der Waals surface area contributed by atoms with Crippen molar-refractivity contribution in [1.29, 1.82) is 0 Å². The van der Waals surface area contributed by atoms with E-state index in [2.05, 4.69) is 64.8 Å². The van der Waals surface area contributed by atoms with Gasteiger partial charge in [-0.2, -0.15) is 0 Å². The van der Waals surface area contributed by atoms with Crippen molar-refractivity contribution in [2.75, 3.05) is 31.6 Å². The molecule has 0 spiro atoms. The maximum absolute atomic E-state index is 3.31. The van der Waals surface area contributed by atoms with Crippen molar-refractivity contribution in [2.45, 2.75) is 12.8 Å². The lowest BCUT2D eigenvalue weighted by Crippen LogP contribution is -2.25. The second kappa shape index (κ2) is 6.77. The molecule has 1 fully saturated rings. The van der Waals surface area contributed by atoms with Crippen LogP contribution in [0.1, 0.15) is 17.5 Å². The minimum atomic E-state index is 0.778. The van der Waals surface area contributed by atoms with E-state index in [0.717, 1.165) is 18.9 Å². The number of hydrogen-bond donors (Lipinski definition) is 1. The summed E-state index contributed by atoms with van der Waals surface area (Å²) in [5.74, 6) is 0.778. The van der Waals surface area contributed by atoms with Crippen molar-refractivity contribution in [3.05, 3.63) is 65.7 Å². The molecule has 3 rings (SSSR count). The lowest BCUT2D eigenvalue weighted by molar-refractivity contribution is 0.549. The summed E-state index contributed by atoms with van der Waals surface area (Å²) in [6.07, 6.45) is 2.31. The summed E-state index contributed by atoms with van der Waals surface area (Å²) in [6, 6.07) is 19.6. The van der Waals surface area contributed by atoms with Gasteiger partial charge in [0.05, 0.1) is 0 Å². The second-order valence-electron chi connectivity index (χ2n) is 5.95. The molecule has 21 heavy (non-hydrogen) atoms. The summed E-state index contributed by atoms with van der Waals surface area (Å²) in [6.45, 7) is 3.47. The Bertz CT molecular complexity index is 565. The number of hydrogen-bond acceptors (Lipinski definition) is 2. The molecule has 1 aliphatic rings. The van der Waals surface area contributed by atoms with E-state index in [0.29, 0.717) is 0 Å². The van der Waals surface area contributed by atoms with Gasteiger partial charge in [-0.3, -0.25) is 0 Å². The quantitative estimate of drug-likeness (QED) is 0.904. The van der Waals surface area contributed by atoms with Crippen LogP contribution >= 0.6 is 0 Å². The molecule has 1 heterocycles. The minimum Gasteiger partial charge on any atom is -0.371 e. The van der Waals surface area contributed by atoms with Crippen molar-refractivity contribution in [3.8, 4) is 0 Å². The molecule has 1 saturated heterocycles. The van der Waals surface area contributed by atoms with Crippen LogP contribution in [0.2, 0.25) is 0 Å². The van der Waals surface area contributed by atoms with Crippen LogP contribution in [0.25, 0.3) is 0 Å². The molecule has 0 aliphatic carbocycles. The first-order valence-electron chi connectivity index (χ1n) is 7.88. The van der Waals surface area contributed by atoms with Crippen molar-refractivity contribution in [2.24, 2.45) is 5.92 Å². The average molecular weight is 280 g/mol. The summed E-state index contributed by atoms with van der Waals surface area (Å²) >= 11 is 0. The molecule has 0 bridgehead atoms. The fourth-order valence-corrected chi connectivity index (χ4v) is 3.29. The predicted octanol–water partition coefficient (Wildman–Crippen LogP) is 3.32. The van der Waals surface area contributed by atoms with Crippen LogP contribution in [-0.4, -0.2) is 26.7 Å². The largest absolute Gasteiger partial charge is 0.371 e. The van der Waals surface area contributed by atoms with Crippen molar-refractivity contribution < 1.29 is 0 Å². The Balaban J connectivity index is 1.77. The molecule has 1 unspecified atom stereocenters. The van der Waals surface area contributed by atoms with Crippen molar-refractivity contribution in [1.82, 2.24) is 5.32 Å². The normalized spacial score (nSPS) is 18.1. The van der Waals surface area contributed by atoms with Crippen LogP contribution in [0.3, 0.4) is 0 Å². The molecule has 0 saturated carbocycles. The second-order valence-corrected chi connectivity index (χ2v) is 5.95. The first kappa shape index (κ1) is 14.2. The van der Waals surface area contributed by atoms with Crippen LogP contribution in [0.15, 0.2) is 54.6 Å². The van der Waals surface area contributed by atoms with Gasteiger partial charge in [0.2, 0.25) is 0 Å². The van der Waals surface area contributed by atoms with E-state index in [1.807, 2.05) is 7.05 Å². The molecule has 1 N–H and O–H groups in total. The predicted molar refractivity (Wildman–Crippen MR) is 89.9 cm³/mol. The zero-order valence-electron chi connectivity index (χ0n) is 12.8. The molecule has 110 valence electrons. The molecule has 1 atom stereocenters. The Labute approximate surface area is 127 Å². The Morgan fingerprint density at radius 1 is 1.05 bits per heavy atom. The highest BCUT2D eigenvalue weighted by molar-refractivity contribution is 5.55. The Hall–Kier alpha value is -1.80. The third-order valence-electron chi connectivity index (χ3n) is 4.35. The number of rotatable bonds is 5. The fraction of sp³-hybridized carbons (Fsp3) is 0.368. The Morgan fingerprint density at radius 3 is 2.62 bits per heavy atom. The van der Waals surface area contributed by atoms with E-state index in [1.165, 1.54) is 36.3 Å². The van der Waals surface area contributed by atoms with E-state index in [1.54, 1.807) is 0 Å². The molecule has 2 aromatic rings. The Kier molecular flexibility index (Phi) is 4.56. The van der Waals surface area contributed by atoms with Gasteiger partial charge in [-0.1, -0.05) is 48.5 Å². The third kappa shape index (κ3) is 3.45. The van der Waals surface area contributed by atoms with Gasteiger partial charge in [0, 0.05) is 18.8 Å². The maximum Gasteiger partial charge on any atom is 0.0402 e. The zero-order valence-corrected chi connectivity index (χ0v) is 12.8. The summed E-state index contributed by atoms with van der Waals surface area (Å²) in [7, 11) is 2.05. The third-order valence-corrected chi connectivity index (χ3v) is 4.35. The number of para-hydroxylation sites is 1. The van der Waals surface area contributed by atoms with Gasteiger partial charge in [0.25, 0.3) is 0 Å². The smallest absolute Gasteiger partial charge is 0.0402 e. The summed E-state index contributed by atoms with van der Waals surface area (Å²) in [5, 5.41) is 3.31. The first-order valence-corrected chi connectivity index (χ1v) is 7.88. The SMILES string of the molecule is CNCC1CCN(c2ccccc2Cc2ccccc2)C1. The molecule has 2 nitrogen and oxygen atoms in total. The van der Waals surface area contributed by atoms with Crippen molar-refractivity contribution in [3.63, 3.8) is 0 Å². The van der Waals surface area contributed by atoms with Gasteiger partial charge in [-0.25, -0.2) is 0 Å². The molecular formula is C19H24N2. The summed E-state index contributed by atoms with van der Waals surface area (Å²) in [4.78, 5) is 2.56. The maximum atomic E-state index is 3.31. The first-order chi connectivity index (χ1) is 10.4. The number of nitrogens with zero attached hydrogens (tertiary/aromatic N) is 1. The van der Waals surface area contributed by atoms with Crippen LogP contribution in [0.5, 0.6) is 0 Å². The monoisotopic (exact) mass is 280 g/mol. The van der Waals surface area contributed by atoms with Gasteiger partial charge in [-0.05, 0) is 49.5 Å². The van der Waals surface area contributed by atoms with E-state index in [4.69, 9.17) is 0 Å². The molecule has 0 aromatic heterocycles. The van der Waals surface area contributed by atoms with Crippen molar-refractivity contribution >= 4 is 5.69 Å². The Morgan fingerprint density at radius 2 is 1.81 bits per heavy atom. The molecule has 0 amide bonds. The topological polar surface area (TPSA) is 15.3 Å². The number of benzene rings is 2. The van der Waals surface area contributed by atoms with E-state index >= 15 is 0 Å². The van der Waals surface area contributed by atoms with Crippen LogP contribution < -0.4 is 10.2 Å². The number of anilines is 1. The van der Waals surface area contributed by atoms with Crippen LogP contribution in [-0.2, 0) is 6.42 Å². The highest BCUT2D eigenvalue weighted by Gasteiger charge is 2.23. The van der Waals surface area contributed by atoms with Gasteiger partial charge < -0.3 is 10.2 Å². The standard InChI is InChI=1S/C19H24N2/c1-20-14-17-11-12-21(15-17)19-10-6-5-9-18(19)13-16-7-3-2-4-8-16/h2-10,17,20H,11-15H2,1H3. The van der Waals surface area contributed by atoms with E-state index in [-0.39, 0.29) is 0 Å². The fourth-order valence-electron chi connectivity index (χ4n) is 3.29. The zero-order chi connectivity index (χ0) is 14.5.